The van der Waals surface area contributed by atoms with Crippen molar-refractivity contribution in [3.63, 3.8) is 0 Å². The summed E-state index contributed by atoms with van der Waals surface area (Å²) in [5.74, 6) is 0.646. The number of fused-ring (bicyclic) bond motifs is 1. The summed E-state index contributed by atoms with van der Waals surface area (Å²) in [6.45, 7) is 3.61. The van der Waals surface area contributed by atoms with E-state index in [1.165, 1.54) is 11.6 Å². The fourth-order valence-corrected chi connectivity index (χ4v) is 3.12. The molecule has 2 heterocycles. The SMILES string of the molecule is COc1ccccc1NS(=O)(=O)c1nc2nc(C)cc(C)n2n1. The molecule has 0 amide bonds. The molecule has 0 fully saturated rings. The van der Waals surface area contributed by atoms with Gasteiger partial charge in [0, 0.05) is 11.4 Å². The number of ether oxygens (including phenoxy) is 1. The van der Waals surface area contributed by atoms with Crippen LogP contribution in [0.2, 0.25) is 0 Å². The van der Waals surface area contributed by atoms with Gasteiger partial charge in [-0.2, -0.15) is 13.4 Å². The number of nitrogens with one attached hydrogen (secondary N) is 1. The standard InChI is InChI=1S/C14H15N5O3S/c1-9-8-10(2)19-13(15-9)16-14(17-19)23(20,21)18-11-6-4-5-7-12(11)22-3/h4-8,18H,1-3H3. The van der Waals surface area contributed by atoms with E-state index in [-0.39, 0.29) is 10.9 Å². The Hall–Kier alpha value is -2.68. The van der Waals surface area contributed by atoms with Crippen LogP contribution in [0.4, 0.5) is 5.69 Å². The summed E-state index contributed by atoms with van der Waals surface area (Å²) < 4.78 is 34.0. The average Bonchev–Trinajstić information content (AvgIpc) is 2.92. The van der Waals surface area contributed by atoms with Gasteiger partial charge in [-0.15, -0.1) is 5.10 Å². The molecule has 0 saturated heterocycles. The molecular weight excluding hydrogens is 318 g/mol. The zero-order valence-electron chi connectivity index (χ0n) is 12.8. The molecule has 0 aliphatic rings. The first kappa shape index (κ1) is 15.2. The highest BCUT2D eigenvalue weighted by Crippen LogP contribution is 2.25. The van der Waals surface area contributed by atoms with Crippen LogP contribution in [0.5, 0.6) is 5.75 Å². The molecule has 3 rings (SSSR count). The highest BCUT2D eigenvalue weighted by Gasteiger charge is 2.23. The van der Waals surface area contributed by atoms with Gasteiger partial charge in [-0.05, 0) is 32.0 Å². The van der Waals surface area contributed by atoms with Crippen molar-refractivity contribution in [2.45, 2.75) is 19.0 Å². The number of methoxy groups -OCH3 is 1. The Kier molecular flexibility index (Phi) is 3.64. The maximum atomic E-state index is 12.5. The molecule has 0 atom stereocenters. The van der Waals surface area contributed by atoms with Crippen LogP contribution in [0, 0.1) is 13.8 Å². The Bertz CT molecular complexity index is 981. The first-order chi connectivity index (χ1) is 10.9. The van der Waals surface area contributed by atoms with Gasteiger partial charge in [0.15, 0.2) is 0 Å². The van der Waals surface area contributed by atoms with E-state index in [4.69, 9.17) is 4.74 Å². The number of para-hydroxylation sites is 2. The lowest BCUT2D eigenvalue weighted by molar-refractivity contribution is 0.417. The van der Waals surface area contributed by atoms with Gasteiger partial charge in [0.05, 0.1) is 12.8 Å². The van der Waals surface area contributed by atoms with Crippen molar-refractivity contribution in [3.8, 4) is 5.75 Å². The summed E-state index contributed by atoms with van der Waals surface area (Å²) in [6.07, 6.45) is 0. The van der Waals surface area contributed by atoms with Crippen molar-refractivity contribution in [2.24, 2.45) is 0 Å². The van der Waals surface area contributed by atoms with Gasteiger partial charge in [-0.25, -0.2) is 9.50 Å². The summed E-state index contributed by atoms with van der Waals surface area (Å²) in [5, 5.41) is 3.69. The molecule has 0 radical (unpaired) electrons. The molecule has 8 nitrogen and oxygen atoms in total. The highest BCUT2D eigenvalue weighted by molar-refractivity contribution is 7.92. The molecule has 0 aliphatic heterocycles. The van der Waals surface area contributed by atoms with Gasteiger partial charge in [0.25, 0.3) is 21.0 Å². The third-order valence-electron chi connectivity index (χ3n) is 3.19. The van der Waals surface area contributed by atoms with E-state index in [1.54, 1.807) is 37.3 Å². The van der Waals surface area contributed by atoms with Crippen LogP contribution in [0.15, 0.2) is 35.5 Å². The van der Waals surface area contributed by atoms with Crippen molar-refractivity contribution in [3.05, 3.63) is 41.7 Å². The second-order valence-electron chi connectivity index (χ2n) is 4.95. The number of aryl methyl sites for hydroxylation is 2. The lowest BCUT2D eigenvalue weighted by Crippen LogP contribution is -2.15. The van der Waals surface area contributed by atoms with Gasteiger partial charge < -0.3 is 4.74 Å². The van der Waals surface area contributed by atoms with Crippen LogP contribution in [-0.2, 0) is 10.0 Å². The minimum atomic E-state index is -3.95. The van der Waals surface area contributed by atoms with E-state index >= 15 is 0 Å². The number of anilines is 1. The number of hydrogen-bond donors (Lipinski definition) is 1. The molecule has 120 valence electrons. The summed E-state index contributed by atoms with van der Waals surface area (Å²) >= 11 is 0. The molecule has 2 aromatic heterocycles. The number of benzene rings is 1. The van der Waals surface area contributed by atoms with Gasteiger partial charge >= 0.3 is 0 Å². The number of nitrogens with zero attached hydrogens (tertiary/aromatic N) is 4. The normalized spacial score (nSPS) is 11.6. The third kappa shape index (κ3) is 2.82. The molecule has 0 spiro atoms. The fourth-order valence-electron chi connectivity index (χ4n) is 2.18. The average molecular weight is 333 g/mol. The number of hydrogen-bond acceptors (Lipinski definition) is 6. The first-order valence-electron chi connectivity index (χ1n) is 6.77. The second kappa shape index (κ2) is 5.51. The first-order valence-corrected chi connectivity index (χ1v) is 8.26. The molecule has 0 aliphatic carbocycles. The molecule has 0 saturated carbocycles. The molecule has 1 N–H and O–H groups in total. The summed E-state index contributed by atoms with van der Waals surface area (Å²) in [5.41, 5.74) is 1.80. The lowest BCUT2D eigenvalue weighted by atomic mass is 10.3. The molecular formula is C14H15N5O3S. The third-order valence-corrected chi connectivity index (χ3v) is 4.33. The Morgan fingerprint density at radius 2 is 1.91 bits per heavy atom. The van der Waals surface area contributed by atoms with Crippen molar-refractivity contribution < 1.29 is 13.2 Å². The van der Waals surface area contributed by atoms with E-state index in [9.17, 15) is 8.42 Å². The van der Waals surface area contributed by atoms with E-state index in [0.29, 0.717) is 11.4 Å². The summed E-state index contributed by atoms with van der Waals surface area (Å²) in [6, 6.07) is 8.50. The maximum Gasteiger partial charge on any atom is 0.299 e. The Morgan fingerprint density at radius 1 is 1.17 bits per heavy atom. The van der Waals surface area contributed by atoms with E-state index < -0.39 is 10.0 Å². The number of sulfonamides is 1. The summed E-state index contributed by atoms with van der Waals surface area (Å²) in [7, 11) is -2.49. The Labute approximate surface area is 133 Å². The van der Waals surface area contributed by atoms with Crippen molar-refractivity contribution in [2.75, 3.05) is 11.8 Å². The molecule has 0 unspecified atom stereocenters. The molecule has 23 heavy (non-hydrogen) atoms. The topological polar surface area (TPSA) is 98.5 Å². The highest BCUT2D eigenvalue weighted by atomic mass is 32.2. The lowest BCUT2D eigenvalue weighted by Gasteiger charge is -2.09. The number of aromatic nitrogens is 4. The van der Waals surface area contributed by atoms with E-state index in [2.05, 4.69) is 19.8 Å². The second-order valence-corrected chi connectivity index (χ2v) is 6.53. The molecule has 9 heteroatoms. The molecule has 3 aromatic rings. The van der Waals surface area contributed by atoms with Crippen LogP contribution < -0.4 is 9.46 Å². The van der Waals surface area contributed by atoms with Gasteiger partial charge in [-0.1, -0.05) is 12.1 Å². The summed E-state index contributed by atoms with van der Waals surface area (Å²) in [4.78, 5) is 8.19. The van der Waals surface area contributed by atoms with Crippen LogP contribution in [0.3, 0.4) is 0 Å². The zero-order valence-corrected chi connectivity index (χ0v) is 13.6. The van der Waals surface area contributed by atoms with Gasteiger partial charge in [0.1, 0.15) is 5.75 Å². The van der Waals surface area contributed by atoms with Crippen LogP contribution >= 0.6 is 0 Å². The van der Waals surface area contributed by atoms with Gasteiger partial charge in [-0.3, -0.25) is 4.72 Å². The molecule has 1 aromatic carbocycles. The predicted molar refractivity (Wildman–Crippen MR) is 84.1 cm³/mol. The van der Waals surface area contributed by atoms with Crippen molar-refractivity contribution >= 4 is 21.5 Å². The van der Waals surface area contributed by atoms with E-state index in [0.717, 1.165) is 11.4 Å². The minimum absolute atomic E-state index is 0.239. The van der Waals surface area contributed by atoms with E-state index in [1.807, 2.05) is 6.92 Å². The smallest absolute Gasteiger partial charge is 0.299 e. The quantitative estimate of drug-likeness (QED) is 0.778. The van der Waals surface area contributed by atoms with Crippen LogP contribution in [0.25, 0.3) is 5.78 Å². The Morgan fingerprint density at radius 3 is 2.65 bits per heavy atom. The minimum Gasteiger partial charge on any atom is -0.495 e. The number of rotatable bonds is 4. The van der Waals surface area contributed by atoms with Gasteiger partial charge in [0.2, 0.25) is 0 Å². The monoisotopic (exact) mass is 333 g/mol. The maximum absolute atomic E-state index is 12.5. The van der Waals surface area contributed by atoms with Crippen LogP contribution in [-0.4, -0.2) is 35.1 Å². The molecule has 0 bridgehead atoms. The van der Waals surface area contributed by atoms with Crippen molar-refractivity contribution in [1.29, 1.82) is 0 Å². The zero-order chi connectivity index (χ0) is 16.6. The fraction of sp³-hybridized carbons (Fsp3) is 0.214. The van der Waals surface area contributed by atoms with Crippen LogP contribution in [0.1, 0.15) is 11.4 Å². The largest absolute Gasteiger partial charge is 0.495 e. The van der Waals surface area contributed by atoms with Crippen molar-refractivity contribution in [1.82, 2.24) is 19.6 Å². The Balaban J connectivity index is 2.04. The predicted octanol–water partition coefficient (Wildman–Crippen LogP) is 1.55.